The van der Waals surface area contributed by atoms with Gasteiger partial charge < -0.3 is 0 Å². The van der Waals surface area contributed by atoms with Gasteiger partial charge in [0.25, 0.3) is 0 Å². The van der Waals surface area contributed by atoms with Crippen LogP contribution in [0, 0.1) is 0 Å². The number of imidazole rings is 1. The zero-order valence-corrected chi connectivity index (χ0v) is 16.5. The summed E-state index contributed by atoms with van der Waals surface area (Å²) in [6.07, 6.45) is 2.01. The van der Waals surface area contributed by atoms with Crippen LogP contribution in [0.15, 0.2) is 96.3 Å². The van der Waals surface area contributed by atoms with Crippen LogP contribution in [0.1, 0.15) is 10.4 Å². The highest BCUT2D eigenvalue weighted by Crippen LogP contribution is 2.27. The Morgan fingerprint density at radius 1 is 0.893 bits per heavy atom. The number of Topliss-reactive ketones (excluding diaryl/α,β-unsaturated/α-hetero) is 1. The summed E-state index contributed by atoms with van der Waals surface area (Å²) in [5.41, 5.74) is 3.59. The van der Waals surface area contributed by atoms with Crippen LogP contribution in [0.2, 0.25) is 5.02 Å². The lowest BCUT2D eigenvalue weighted by Gasteiger charge is -2.07. The quantitative estimate of drug-likeness (QED) is 0.285. The number of ketones is 1. The minimum absolute atomic E-state index is 0.0468. The second-order valence-electron chi connectivity index (χ2n) is 6.20. The topological polar surface area (TPSA) is 34.9 Å². The normalized spacial score (nSPS) is 10.8. The van der Waals surface area contributed by atoms with E-state index < -0.39 is 0 Å². The fourth-order valence-corrected chi connectivity index (χ4v) is 3.85. The number of halogens is 1. The van der Waals surface area contributed by atoms with E-state index in [9.17, 15) is 4.79 Å². The molecule has 0 amide bonds. The summed E-state index contributed by atoms with van der Waals surface area (Å²) in [7, 11) is 0. The molecule has 138 valence electrons. The standard InChI is InChI=1S/C23H17ClN2OS/c24-19-13-11-18(12-14-19)22(27)16-28-23-25-21(17-7-3-1-4-8-17)15-26(23)20-9-5-2-6-10-20/h1-15H,16H2. The molecule has 0 unspecified atom stereocenters. The van der Waals surface area contributed by atoms with Crippen LogP contribution < -0.4 is 0 Å². The average molecular weight is 405 g/mol. The van der Waals surface area contributed by atoms with Crippen molar-refractivity contribution in [1.29, 1.82) is 0 Å². The molecule has 0 fully saturated rings. The van der Waals surface area contributed by atoms with Crippen molar-refractivity contribution in [2.24, 2.45) is 0 Å². The van der Waals surface area contributed by atoms with E-state index in [0.29, 0.717) is 16.3 Å². The first-order valence-electron chi connectivity index (χ1n) is 8.82. The molecule has 4 rings (SSSR count). The predicted molar refractivity (Wildman–Crippen MR) is 116 cm³/mol. The van der Waals surface area contributed by atoms with Gasteiger partial charge >= 0.3 is 0 Å². The molecule has 0 radical (unpaired) electrons. The third-order valence-corrected chi connectivity index (χ3v) is 5.48. The van der Waals surface area contributed by atoms with Gasteiger partial charge in [-0.05, 0) is 36.4 Å². The number of thioether (sulfide) groups is 1. The number of aromatic nitrogens is 2. The van der Waals surface area contributed by atoms with Crippen molar-refractivity contribution < 1.29 is 4.79 Å². The Kier molecular flexibility index (Phi) is 5.60. The molecule has 0 aliphatic carbocycles. The van der Waals surface area contributed by atoms with Crippen molar-refractivity contribution in [3.05, 3.63) is 102 Å². The molecule has 0 bridgehead atoms. The Bertz CT molecular complexity index is 1080. The Balaban J connectivity index is 1.62. The highest BCUT2D eigenvalue weighted by molar-refractivity contribution is 7.99. The first kappa shape index (κ1) is 18.5. The van der Waals surface area contributed by atoms with Crippen LogP contribution in [-0.2, 0) is 0 Å². The first-order chi connectivity index (χ1) is 13.7. The van der Waals surface area contributed by atoms with Gasteiger partial charge in [-0.2, -0.15) is 0 Å². The number of para-hydroxylation sites is 1. The minimum Gasteiger partial charge on any atom is -0.294 e. The van der Waals surface area contributed by atoms with Crippen molar-refractivity contribution in [3.63, 3.8) is 0 Å². The number of benzene rings is 3. The zero-order valence-electron chi connectivity index (χ0n) is 15.0. The van der Waals surface area contributed by atoms with Gasteiger partial charge in [0.05, 0.1) is 11.4 Å². The number of carbonyl (C=O) groups excluding carboxylic acids is 1. The monoisotopic (exact) mass is 404 g/mol. The molecule has 5 heteroatoms. The maximum absolute atomic E-state index is 12.6. The van der Waals surface area contributed by atoms with Gasteiger partial charge in [0.1, 0.15) is 0 Å². The van der Waals surface area contributed by atoms with Crippen LogP contribution >= 0.6 is 23.4 Å². The minimum atomic E-state index is 0.0468. The summed E-state index contributed by atoms with van der Waals surface area (Å²) >= 11 is 7.34. The number of hydrogen-bond acceptors (Lipinski definition) is 3. The van der Waals surface area contributed by atoms with Gasteiger partial charge in [0, 0.05) is 28.0 Å². The summed E-state index contributed by atoms with van der Waals surface area (Å²) in [4.78, 5) is 17.3. The molecule has 4 aromatic rings. The van der Waals surface area contributed by atoms with E-state index in [1.807, 2.05) is 71.4 Å². The maximum Gasteiger partial charge on any atom is 0.173 e. The Morgan fingerprint density at radius 3 is 2.21 bits per heavy atom. The summed E-state index contributed by atoms with van der Waals surface area (Å²) < 4.78 is 2.03. The molecule has 0 saturated heterocycles. The van der Waals surface area contributed by atoms with Crippen LogP contribution in [0.25, 0.3) is 16.9 Å². The van der Waals surface area contributed by atoms with Gasteiger partial charge in [-0.3, -0.25) is 9.36 Å². The molecular weight excluding hydrogens is 388 g/mol. The molecule has 0 atom stereocenters. The van der Waals surface area contributed by atoms with Crippen LogP contribution in [-0.4, -0.2) is 21.1 Å². The molecular formula is C23H17ClN2OS. The number of rotatable bonds is 6. The van der Waals surface area contributed by atoms with Crippen molar-refractivity contribution in [3.8, 4) is 16.9 Å². The van der Waals surface area contributed by atoms with E-state index in [0.717, 1.165) is 22.1 Å². The molecule has 0 N–H and O–H groups in total. The van der Waals surface area contributed by atoms with Crippen LogP contribution in [0.5, 0.6) is 0 Å². The number of carbonyl (C=O) groups is 1. The molecule has 0 saturated carbocycles. The highest BCUT2D eigenvalue weighted by atomic mass is 35.5. The molecule has 0 spiro atoms. The van der Waals surface area contributed by atoms with E-state index in [-0.39, 0.29) is 5.78 Å². The highest BCUT2D eigenvalue weighted by Gasteiger charge is 2.14. The van der Waals surface area contributed by atoms with Gasteiger partial charge in [-0.15, -0.1) is 0 Å². The molecule has 3 nitrogen and oxygen atoms in total. The van der Waals surface area contributed by atoms with Gasteiger partial charge in [-0.1, -0.05) is 71.9 Å². The van der Waals surface area contributed by atoms with E-state index in [4.69, 9.17) is 16.6 Å². The lowest BCUT2D eigenvalue weighted by molar-refractivity contribution is 0.102. The average Bonchev–Trinajstić information content (AvgIpc) is 3.18. The Hall–Kier alpha value is -2.82. The molecule has 3 aromatic carbocycles. The van der Waals surface area contributed by atoms with Gasteiger partial charge in [-0.25, -0.2) is 4.98 Å². The Morgan fingerprint density at radius 2 is 1.54 bits per heavy atom. The second-order valence-corrected chi connectivity index (χ2v) is 7.58. The predicted octanol–water partition coefficient (Wildman–Crippen LogP) is 6.17. The largest absolute Gasteiger partial charge is 0.294 e. The molecule has 0 aliphatic rings. The lowest BCUT2D eigenvalue weighted by Crippen LogP contribution is -2.04. The lowest BCUT2D eigenvalue weighted by atomic mass is 10.1. The summed E-state index contributed by atoms with van der Waals surface area (Å²) in [6, 6.07) is 27.0. The number of hydrogen-bond donors (Lipinski definition) is 0. The third kappa shape index (κ3) is 4.19. The van der Waals surface area contributed by atoms with Gasteiger partial charge in [0.2, 0.25) is 0 Å². The zero-order chi connectivity index (χ0) is 19.3. The fraction of sp³-hybridized carbons (Fsp3) is 0.0435. The van der Waals surface area contributed by atoms with Crippen LogP contribution in [0.3, 0.4) is 0 Å². The fourth-order valence-electron chi connectivity index (χ4n) is 2.84. The van der Waals surface area contributed by atoms with E-state index in [1.54, 1.807) is 24.3 Å². The summed E-state index contributed by atoms with van der Waals surface area (Å²) in [5, 5.41) is 1.41. The third-order valence-electron chi connectivity index (χ3n) is 4.28. The van der Waals surface area contributed by atoms with Crippen LogP contribution in [0.4, 0.5) is 0 Å². The van der Waals surface area contributed by atoms with Crippen molar-refractivity contribution >= 4 is 29.1 Å². The summed E-state index contributed by atoms with van der Waals surface area (Å²) in [5.74, 6) is 0.352. The van der Waals surface area contributed by atoms with E-state index in [2.05, 4.69) is 0 Å². The molecule has 1 heterocycles. The first-order valence-corrected chi connectivity index (χ1v) is 10.2. The molecule has 0 aliphatic heterocycles. The smallest absolute Gasteiger partial charge is 0.173 e. The van der Waals surface area contributed by atoms with Crippen molar-refractivity contribution in [2.75, 3.05) is 5.75 Å². The van der Waals surface area contributed by atoms with E-state index >= 15 is 0 Å². The molecule has 28 heavy (non-hydrogen) atoms. The maximum atomic E-state index is 12.6. The molecule has 1 aromatic heterocycles. The van der Waals surface area contributed by atoms with E-state index in [1.165, 1.54) is 11.8 Å². The van der Waals surface area contributed by atoms with Crippen molar-refractivity contribution in [1.82, 2.24) is 9.55 Å². The summed E-state index contributed by atoms with van der Waals surface area (Å²) in [6.45, 7) is 0. The Labute approximate surface area is 173 Å². The van der Waals surface area contributed by atoms with Crippen molar-refractivity contribution in [2.45, 2.75) is 5.16 Å². The second kappa shape index (κ2) is 8.46. The van der Waals surface area contributed by atoms with Gasteiger partial charge in [0.15, 0.2) is 10.9 Å². The SMILES string of the molecule is O=C(CSc1nc(-c2ccccc2)cn1-c1ccccc1)c1ccc(Cl)cc1. The number of nitrogens with zero attached hydrogens (tertiary/aromatic N) is 2.